The Morgan fingerprint density at radius 3 is 2.75 bits per heavy atom. The van der Waals surface area contributed by atoms with Gasteiger partial charge < -0.3 is 15.2 Å². The Bertz CT molecular complexity index is 1140. The monoisotopic (exact) mass is 434 g/mol. The molecule has 2 N–H and O–H groups in total. The normalized spacial score (nSPS) is 10.8. The Labute approximate surface area is 171 Å². The molecule has 140 valence electrons. The maximum absolute atomic E-state index is 12.6. The number of anilines is 3. The van der Waals surface area contributed by atoms with Crippen molar-refractivity contribution >= 4 is 49.8 Å². The van der Waals surface area contributed by atoms with E-state index in [2.05, 4.69) is 37.6 Å². The molecule has 1 amide bonds. The number of amides is 1. The molecular weight excluding hydrogens is 416 g/mol. The molecule has 0 aliphatic rings. The molecule has 0 saturated carbocycles. The number of hydrogen-bond acceptors (Lipinski definition) is 3. The standard InChI is InChI=1S/C22H19BrN4O/c1-27-14-15(18-6-2-3-7-21(18)27)11-22(28)26-16-8-9-20(19(23)12-16)25-17-5-4-10-24-13-17/h2-10,12-14,25H,11H2,1H3,(H,26,28). The first-order valence-electron chi connectivity index (χ1n) is 8.89. The van der Waals surface area contributed by atoms with Crippen LogP contribution in [-0.4, -0.2) is 15.5 Å². The molecule has 2 aromatic carbocycles. The zero-order chi connectivity index (χ0) is 19.5. The number of aromatic nitrogens is 2. The maximum Gasteiger partial charge on any atom is 0.228 e. The van der Waals surface area contributed by atoms with Gasteiger partial charge in [-0.3, -0.25) is 9.78 Å². The number of nitrogens with zero attached hydrogens (tertiary/aromatic N) is 2. The van der Waals surface area contributed by atoms with Crippen molar-refractivity contribution in [1.29, 1.82) is 0 Å². The van der Waals surface area contributed by atoms with Crippen LogP contribution in [0.15, 0.2) is 77.7 Å². The third-order valence-electron chi connectivity index (χ3n) is 4.52. The average molecular weight is 435 g/mol. The number of rotatable bonds is 5. The molecule has 0 bridgehead atoms. The topological polar surface area (TPSA) is 59.0 Å². The number of carbonyl (C=O) groups excluding carboxylic acids is 1. The number of carbonyl (C=O) groups is 1. The Morgan fingerprint density at radius 1 is 1.11 bits per heavy atom. The van der Waals surface area contributed by atoms with Gasteiger partial charge in [0.15, 0.2) is 0 Å². The molecule has 4 aromatic rings. The molecule has 28 heavy (non-hydrogen) atoms. The summed E-state index contributed by atoms with van der Waals surface area (Å²) in [6, 6.07) is 17.6. The molecule has 2 aromatic heterocycles. The average Bonchev–Trinajstić information content (AvgIpc) is 3.00. The molecule has 0 unspecified atom stereocenters. The molecule has 2 heterocycles. The van der Waals surface area contributed by atoms with E-state index in [0.717, 1.165) is 38.0 Å². The minimum absolute atomic E-state index is 0.0452. The second-order valence-corrected chi connectivity index (χ2v) is 7.42. The van der Waals surface area contributed by atoms with E-state index < -0.39 is 0 Å². The summed E-state index contributed by atoms with van der Waals surface area (Å²) >= 11 is 3.56. The van der Waals surface area contributed by atoms with Crippen LogP contribution in [0.4, 0.5) is 17.1 Å². The summed E-state index contributed by atoms with van der Waals surface area (Å²) in [7, 11) is 1.99. The Balaban J connectivity index is 1.46. The first-order valence-corrected chi connectivity index (χ1v) is 9.69. The van der Waals surface area contributed by atoms with Crippen LogP contribution in [0.2, 0.25) is 0 Å². The number of benzene rings is 2. The lowest BCUT2D eigenvalue weighted by Gasteiger charge is -2.11. The first-order chi connectivity index (χ1) is 13.6. The molecule has 4 rings (SSSR count). The van der Waals surface area contributed by atoms with Crippen molar-refractivity contribution in [3.05, 3.63) is 83.2 Å². The predicted molar refractivity (Wildman–Crippen MR) is 117 cm³/mol. The lowest BCUT2D eigenvalue weighted by atomic mass is 10.1. The van der Waals surface area contributed by atoms with Gasteiger partial charge in [0.05, 0.1) is 24.0 Å². The summed E-state index contributed by atoms with van der Waals surface area (Å²) in [6.07, 6.45) is 5.83. The van der Waals surface area contributed by atoms with Crippen molar-refractivity contribution in [2.24, 2.45) is 7.05 Å². The highest BCUT2D eigenvalue weighted by molar-refractivity contribution is 9.10. The first kappa shape index (κ1) is 18.3. The second kappa shape index (κ2) is 7.86. The van der Waals surface area contributed by atoms with Gasteiger partial charge >= 0.3 is 0 Å². The van der Waals surface area contributed by atoms with Gasteiger partial charge in [-0.25, -0.2) is 0 Å². The van der Waals surface area contributed by atoms with E-state index >= 15 is 0 Å². The van der Waals surface area contributed by atoms with E-state index in [1.165, 1.54) is 0 Å². The van der Waals surface area contributed by atoms with E-state index in [1.807, 2.05) is 66.3 Å². The molecule has 0 radical (unpaired) electrons. The number of pyridine rings is 1. The quantitative estimate of drug-likeness (QED) is 0.450. The molecule has 0 aliphatic heterocycles. The minimum atomic E-state index is -0.0452. The number of halogens is 1. The number of aryl methyl sites for hydroxylation is 1. The van der Waals surface area contributed by atoms with Gasteiger partial charge in [-0.2, -0.15) is 0 Å². The highest BCUT2D eigenvalue weighted by Gasteiger charge is 2.11. The number of hydrogen-bond donors (Lipinski definition) is 2. The maximum atomic E-state index is 12.6. The minimum Gasteiger partial charge on any atom is -0.353 e. The van der Waals surface area contributed by atoms with E-state index in [-0.39, 0.29) is 5.91 Å². The summed E-state index contributed by atoms with van der Waals surface area (Å²) in [5.41, 5.74) is 4.69. The number of nitrogens with one attached hydrogen (secondary N) is 2. The zero-order valence-electron chi connectivity index (χ0n) is 15.3. The zero-order valence-corrected chi connectivity index (χ0v) is 16.9. The van der Waals surface area contributed by atoms with Crippen LogP contribution in [0.1, 0.15) is 5.56 Å². The molecule has 0 spiro atoms. The third-order valence-corrected chi connectivity index (χ3v) is 5.18. The van der Waals surface area contributed by atoms with Gasteiger partial charge in [-0.05, 0) is 57.9 Å². The largest absolute Gasteiger partial charge is 0.353 e. The lowest BCUT2D eigenvalue weighted by Crippen LogP contribution is -2.14. The summed E-state index contributed by atoms with van der Waals surface area (Å²) in [5, 5.41) is 7.38. The fourth-order valence-electron chi connectivity index (χ4n) is 3.23. The third kappa shape index (κ3) is 3.92. The lowest BCUT2D eigenvalue weighted by molar-refractivity contribution is -0.115. The van der Waals surface area contributed by atoms with Gasteiger partial charge in [0.2, 0.25) is 5.91 Å². The molecule has 5 nitrogen and oxygen atoms in total. The Kier molecular flexibility index (Phi) is 5.12. The van der Waals surface area contributed by atoms with Crippen molar-refractivity contribution in [3.63, 3.8) is 0 Å². The SMILES string of the molecule is Cn1cc(CC(=O)Nc2ccc(Nc3cccnc3)c(Br)c2)c2ccccc21. The fourth-order valence-corrected chi connectivity index (χ4v) is 3.71. The van der Waals surface area contributed by atoms with Crippen LogP contribution in [0, 0.1) is 0 Å². The molecule has 0 aliphatic carbocycles. The van der Waals surface area contributed by atoms with Gasteiger partial charge in [0, 0.05) is 40.5 Å². The molecule has 0 fully saturated rings. The van der Waals surface area contributed by atoms with Crippen LogP contribution in [-0.2, 0) is 18.3 Å². The van der Waals surface area contributed by atoms with Gasteiger partial charge in [-0.1, -0.05) is 18.2 Å². The van der Waals surface area contributed by atoms with Crippen molar-refractivity contribution in [2.75, 3.05) is 10.6 Å². The van der Waals surface area contributed by atoms with E-state index in [1.54, 1.807) is 12.4 Å². The number of fused-ring (bicyclic) bond motifs is 1. The van der Waals surface area contributed by atoms with Crippen molar-refractivity contribution in [3.8, 4) is 0 Å². The van der Waals surface area contributed by atoms with Crippen LogP contribution in [0.3, 0.4) is 0 Å². The van der Waals surface area contributed by atoms with Gasteiger partial charge in [0.25, 0.3) is 0 Å². The van der Waals surface area contributed by atoms with E-state index in [4.69, 9.17) is 0 Å². The molecule has 0 atom stereocenters. The van der Waals surface area contributed by atoms with Crippen molar-refractivity contribution < 1.29 is 4.79 Å². The summed E-state index contributed by atoms with van der Waals surface area (Å²) in [4.78, 5) is 16.7. The molecule has 0 saturated heterocycles. The fraction of sp³-hybridized carbons (Fsp3) is 0.0909. The highest BCUT2D eigenvalue weighted by atomic mass is 79.9. The van der Waals surface area contributed by atoms with Crippen LogP contribution in [0.5, 0.6) is 0 Å². The predicted octanol–water partition coefficient (Wildman–Crippen LogP) is 5.26. The van der Waals surface area contributed by atoms with Crippen LogP contribution < -0.4 is 10.6 Å². The molecular formula is C22H19BrN4O. The van der Waals surface area contributed by atoms with Crippen molar-refractivity contribution in [1.82, 2.24) is 9.55 Å². The highest BCUT2D eigenvalue weighted by Crippen LogP contribution is 2.29. The Morgan fingerprint density at radius 2 is 1.96 bits per heavy atom. The second-order valence-electron chi connectivity index (χ2n) is 6.57. The molecule has 6 heteroatoms. The number of para-hydroxylation sites is 1. The van der Waals surface area contributed by atoms with E-state index in [0.29, 0.717) is 6.42 Å². The summed E-state index contributed by atoms with van der Waals surface area (Å²) < 4.78 is 2.91. The van der Waals surface area contributed by atoms with Gasteiger partial charge in [0.1, 0.15) is 0 Å². The summed E-state index contributed by atoms with van der Waals surface area (Å²) in [5.74, 6) is -0.0452. The van der Waals surface area contributed by atoms with Crippen LogP contribution in [0.25, 0.3) is 10.9 Å². The summed E-state index contributed by atoms with van der Waals surface area (Å²) in [6.45, 7) is 0. The Hall–Kier alpha value is -3.12. The van der Waals surface area contributed by atoms with Crippen molar-refractivity contribution in [2.45, 2.75) is 6.42 Å². The van der Waals surface area contributed by atoms with Crippen LogP contribution >= 0.6 is 15.9 Å². The van der Waals surface area contributed by atoms with Gasteiger partial charge in [-0.15, -0.1) is 0 Å². The smallest absolute Gasteiger partial charge is 0.228 e. The van der Waals surface area contributed by atoms with E-state index in [9.17, 15) is 4.79 Å².